The van der Waals surface area contributed by atoms with Crippen LogP contribution in [0.5, 0.6) is 5.75 Å². The van der Waals surface area contributed by atoms with Crippen LogP contribution in [-0.4, -0.2) is 48.6 Å². The number of tetrazole rings is 1. The Morgan fingerprint density at radius 2 is 1.97 bits per heavy atom. The lowest BCUT2D eigenvalue weighted by atomic mass is 10.0. The lowest BCUT2D eigenvalue weighted by molar-refractivity contribution is -0.119. The first-order chi connectivity index (χ1) is 18.3. The molecule has 0 bridgehead atoms. The van der Waals surface area contributed by atoms with Crippen molar-refractivity contribution >= 4 is 29.0 Å². The second-order valence-electron chi connectivity index (χ2n) is 8.55. The molecule has 3 heterocycles. The number of hydrogen-bond acceptors (Lipinski definition) is 8. The number of rotatable bonds is 10. The number of methoxy groups -OCH3 is 1. The third kappa shape index (κ3) is 5.78. The molecule has 1 N–H and O–H groups in total. The Balaban J connectivity index is 1.74. The Bertz CT molecular complexity index is 1500. The van der Waals surface area contributed by atoms with Crippen LogP contribution in [0, 0.1) is 0 Å². The summed E-state index contributed by atoms with van der Waals surface area (Å²) < 4.78 is 8.48. The van der Waals surface area contributed by atoms with Crippen molar-refractivity contribution in [3.63, 3.8) is 0 Å². The predicted molar refractivity (Wildman–Crippen MR) is 142 cm³/mol. The van der Waals surface area contributed by atoms with Crippen molar-refractivity contribution in [1.29, 1.82) is 0 Å². The average Bonchev–Trinajstić information content (AvgIpc) is 3.44. The van der Waals surface area contributed by atoms with Crippen molar-refractivity contribution in [3.8, 4) is 22.6 Å². The van der Waals surface area contributed by atoms with Crippen LogP contribution in [0.1, 0.15) is 49.6 Å². The number of halogens is 1. The number of nitrogens with zero attached hydrogens (tertiary/aromatic N) is 6. The molecule has 1 amide bonds. The van der Waals surface area contributed by atoms with E-state index in [0.29, 0.717) is 51.8 Å². The van der Waals surface area contributed by atoms with E-state index in [1.54, 1.807) is 24.3 Å². The van der Waals surface area contributed by atoms with Crippen LogP contribution in [0.25, 0.3) is 16.8 Å². The van der Waals surface area contributed by atoms with Gasteiger partial charge in [-0.05, 0) is 47.2 Å². The fourth-order valence-electron chi connectivity index (χ4n) is 4.04. The normalized spacial score (nSPS) is 11.7. The van der Waals surface area contributed by atoms with E-state index >= 15 is 0 Å². The quantitative estimate of drug-likeness (QED) is 0.300. The Morgan fingerprint density at radius 1 is 1.16 bits per heavy atom. The van der Waals surface area contributed by atoms with Crippen molar-refractivity contribution in [2.75, 3.05) is 12.4 Å². The van der Waals surface area contributed by atoms with E-state index < -0.39 is 11.6 Å². The molecule has 1 unspecified atom stereocenters. The van der Waals surface area contributed by atoms with Gasteiger partial charge in [-0.25, -0.2) is 0 Å². The highest BCUT2D eigenvalue weighted by atomic mass is 35.5. The Hall–Kier alpha value is -4.38. The molecule has 1 atom stereocenters. The second-order valence-corrected chi connectivity index (χ2v) is 8.99. The molecule has 0 saturated carbocycles. The third-order valence-electron chi connectivity index (χ3n) is 5.97. The van der Waals surface area contributed by atoms with Crippen LogP contribution in [0.2, 0.25) is 5.02 Å². The highest BCUT2D eigenvalue weighted by molar-refractivity contribution is 6.31. The van der Waals surface area contributed by atoms with Crippen molar-refractivity contribution in [1.82, 2.24) is 29.8 Å². The first-order valence-electron chi connectivity index (χ1n) is 11.9. The predicted octanol–water partition coefficient (Wildman–Crippen LogP) is 4.12. The summed E-state index contributed by atoms with van der Waals surface area (Å²) >= 11 is 6.29. The minimum Gasteiger partial charge on any atom is -0.495 e. The molecular formula is C26H26ClN7O4. The van der Waals surface area contributed by atoms with Crippen LogP contribution in [0.3, 0.4) is 0 Å². The van der Waals surface area contributed by atoms with E-state index in [1.165, 1.54) is 54.1 Å². The van der Waals surface area contributed by atoms with Crippen LogP contribution in [0.15, 0.2) is 59.9 Å². The molecule has 3 aromatic heterocycles. The van der Waals surface area contributed by atoms with Gasteiger partial charge in [-0.2, -0.15) is 4.68 Å². The Labute approximate surface area is 223 Å². The molecule has 196 valence electrons. The van der Waals surface area contributed by atoms with E-state index in [0.717, 1.165) is 6.42 Å². The molecule has 0 aliphatic rings. The summed E-state index contributed by atoms with van der Waals surface area (Å²) in [5, 5.41) is 14.6. The molecule has 0 spiro atoms. The number of hydrogen-bond donors (Lipinski definition) is 1. The number of ketones is 1. The number of amides is 1. The topological polar surface area (TPSA) is 134 Å². The van der Waals surface area contributed by atoms with Gasteiger partial charge in [0.2, 0.25) is 5.91 Å². The zero-order chi connectivity index (χ0) is 27.2. The molecule has 38 heavy (non-hydrogen) atoms. The van der Waals surface area contributed by atoms with E-state index in [-0.39, 0.29) is 11.7 Å². The minimum absolute atomic E-state index is 0.176. The molecular weight excluding hydrogens is 510 g/mol. The largest absolute Gasteiger partial charge is 0.495 e. The summed E-state index contributed by atoms with van der Waals surface area (Å²) in [6, 6.07) is 8.87. The standard InChI is InChI=1S/C26H26ClN7O4/c1-4-5-6-23(26(37)30-18-8-9-21(16(2)35)28-13-18)33-14-24(38-3)20(12-25(33)36)19-11-17(27)7-10-22(19)34-15-29-31-32-34/h7-15,23H,4-6H2,1-3H3,(H,30,37). The molecule has 4 aromatic rings. The lowest BCUT2D eigenvalue weighted by Crippen LogP contribution is -2.33. The van der Waals surface area contributed by atoms with Crippen molar-refractivity contribution in [3.05, 3.63) is 76.2 Å². The SMILES string of the molecule is CCCCC(C(=O)Nc1ccc(C(C)=O)nc1)n1cc(OC)c(-c2cc(Cl)ccc2-n2cnnn2)cc1=O. The fourth-order valence-corrected chi connectivity index (χ4v) is 4.21. The van der Waals surface area contributed by atoms with Crippen LogP contribution in [0.4, 0.5) is 5.69 Å². The monoisotopic (exact) mass is 535 g/mol. The van der Waals surface area contributed by atoms with Gasteiger partial charge in [-0.1, -0.05) is 31.4 Å². The number of carbonyl (C=O) groups is 2. The van der Waals surface area contributed by atoms with E-state index in [9.17, 15) is 14.4 Å². The van der Waals surface area contributed by atoms with Gasteiger partial charge < -0.3 is 10.1 Å². The first kappa shape index (κ1) is 26.7. The number of pyridine rings is 2. The number of carbonyl (C=O) groups excluding carboxylic acids is 2. The first-order valence-corrected chi connectivity index (χ1v) is 12.3. The Morgan fingerprint density at radius 3 is 2.61 bits per heavy atom. The number of ether oxygens (including phenoxy) is 1. The zero-order valence-electron chi connectivity index (χ0n) is 21.1. The van der Waals surface area contributed by atoms with Gasteiger partial charge in [0.25, 0.3) is 5.56 Å². The van der Waals surface area contributed by atoms with Gasteiger partial charge in [0.15, 0.2) is 5.78 Å². The number of aromatic nitrogens is 6. The van der Waals surface area contributed by atoms with Crippen LogP contribution >= 0.6 is 11.6 Å². The summed E-state index contributed by atoms with van der Waals surface area (Å²) in [5.41, 5.74) is 1.96. The minimum atomic E-state index is -0.809. The van der Waals surface area contributed by atoms with E-state index in [4.69, 9.17) is 16.3 Å². The average molecular weight is 536 g/mol. The molecule has 12 heteroatoms. The highest BCUT2D eigenvalue weighted by Gasteiger charge is 2.24. The van der Waals surface area contributed by atoms with Crippen LogP contribution < -0.4 is 15.6 Å². The van der Waals surface area contributed by atoms with Gasteiger partial charge in [0.1, 0.15) is 23.8 Å². The molecule has 0 aliphatic carbocycles. The zero-order valence-corrected chi connectivity index (χ0v) is 21.8. The summed E-state index contributed by atoms with van der Waals surface area (Å²) in [5.74, 6) is -0.196. The smallest absolute Gasteiger partial charge is 0.252 e. The number of Topliss-reactive ketones (excluding diaryl/α,β-unsaturated/α-hetero) is 1. The molecule has 11 nitrogen and oxygen atoms in total. The maximum atomic E-state index is 13.4. The summed E-state index contributed by atoms with van der Waals surface area (Å²) in [6.45, 7) is 3.42. The van der Waals surface area contributed by atoms with Gasteiger partial charge in [-0.15, -0.1) is 5.10 Å². The summed E-state index contributed by atoms with van der Waals surface area (Å²) in [7, 11) is 1.48. The second kappa shape index (κ2) is 11.8. The van der Waals surface area contributed by atoms with Crippen molar-refractivity contribution < 1.29 is 14.3 Å². The van der Waals surface area contributed by atoms with E-state index in [2.05, 4.69) is 25.8 Å². The van der Waals surface area contributed by atoms with E-state index in [1.807, 2.05) is 6.92 Å². The van der Waals surface area contributed by atoms with Crippen LogP contribution in [-0.2, 0) is 4.79 Å². The molecule has 0 fully saturated rings. The fraction of sp³-hybridized carbons (Fsp3) is 0.269. The van der Waals surface area contributed by atoms with Gasteiger partial charge >= 0.3 is 0 Å². The van der Waals surface area contributed by atoms with Crippen molar-refractivity contribution in [2.24, 2.45) is 0 Å². The molecule has 4 rings (SSSR count). The molecule has 0 radical (unpaired) electrons. The Kier molecular flexibility index (Phi) is 8.27. The highest BCUT2D eigenvalue weighted by Crippen LogP contribution is 2.35. The number of anilines is 1. The number of nitrogens with one attached hydrogen (secondary N) is 1. The summed E-state index contributed by atoms with van der Waals surface area (Å²) in [6.07, 6.45) is 6.35. The van der Waals surface area contributed by atoms with Gasteiger partial charge in [0, 0.05) is 29.1 Å². The summed E-state index contributed by atoms with van der Waals surface area (Å²) in [4.78, 5) is 42.4. The van der Waals surface area contributed by atoms with Gasteiger partial charge in [-0.3, -0.25) is 23.9 Å². The molecule has 0 saturated heterocycles. The molecule has 0 aliphatic heterocycles. The van der Waals surface area contributed by atoms with Crippen molar-refractivity contribution in [2.45, 2.75) is 39.2 Å². The number of benzene rings is 1. The molecule has 1 aromatic carbocycles. The number of unbranched alkanes of at least 4 members (excludes halogenated alkanes) is 1. The lowest BCUT2D eigenvalue weighted by Gasteiger charge is -2.21. The van der Waals surface area contributed by atoms with Gasteiger partial charge in [0.05, 0.1) is 30.9 Å². The third-order valence-corrected chi connectivity index (χ3v) is 6.20. The maximum Gasteiger partial charge on any atom is 0.252 e. The maximum absolute atomic E-state index is 13.4.